The highest BCUT2D eigenvalue weighted by molar-refractivity contribution is 7.89. The van der Waals surface area contributed by atoms with Crippen molar-refractivity contribution in [3.8, 4) is 0 Å². The third-order valence-electron chi connectivity index (χ3n) is 2.78. The van der Waals surface area contributed by atoms with Gasteiger partial charge in [-0.15, -0.1) is 0 Å². The Bertz CT molecular complexity index is 570. The Morgan fingerprint density at radius 1 is 1.29 bits per heavy atom. The van der Waals surface area contributed by atoms with Gasteiger partial charge < -0.3 is 4.74 Å². The number of nitrogens with one attached hydrogen (secondary N) is 1. The molecule has 0 aliphatic carbocycles. The molecule has 0 saturated carbocycles. The van der Waals surface area contributed by atoms with E-state index in [9.17, 15) is 13.2 Å². The number of carbonyl (C=O) groups is 1. The lowest BCUT2D eigenvalue weighted by atomic mass is 10.2. The van der Waals surface area contributed by atoms with Crippen LogP contribution in [-0.4, -0.2) is 45.6 Å². The molecule has 0 radical (unpaired) electrons. The molecule has 0 atom stereocenters. The Morgan fingerprint density at radius 2 is 1.95 bits per heavy atom. The summed E-state index contributed by atoms with van der Waals surface area (Å²) in [6.07, 6.45) is 0. The number of hydrogen-bond donors (Lipinski definition) is 1. The van der Waals surface area contributed by atoms with Crippen LogP contribution in [0.3, 0.4) is 0 Å². The van der Waals surface area contributed by atoms with E-state index in [2.05, 4.69) is 10.2 Å². The van der Waals surface area contributed by atoms with Crippen LogP contribution in [-0.2, 0) is 19.6 Å². The van der Waals surface area contributed by atoms with E-state index < -0.39 is 15.9 Å². The van der Waals surface area contributed by atoms with Crippen LogP contribution in [0.5, 0.6) is 0 Å². The lowest BCUT2D eigenvalue weighted by Gasteiger charge is -2.18. The molecule has 0 aliphatic rings. The van der Waals surface area contributed by atoms with Gasteiger partial charge in [0.2, 0.25) is 10.0 Å². The van der Waals surface area contributed by atoms with E-state index >= 15 is 0 Å². The Labute approximate surface area is 124 Å². The molecule has 0 aromatic heterocycles. The average molecular weight is 316 g/mol. The van der Waals surface area contributed by atoms with Crippen molar-refractivity contribution >= 4 is 15.9 Å². The van der Waals surface area contributed by atoms with Crippen LogP contribution in [0.15, 0.2) is 29.2 Å². The molecule has 0 unspecified atom stereocenters. The van der Waals surface area contributed by atoms with Crippen LogP contribution >= 0.6 is 0 Å². The van der Waals surface area contributed by atoms with Crippen molar-refractivity contribution in [2.75, 3.05) is 27.0 Å². The summed E-state index contributed by atoms with van der Waals surface area (Å²) in [4.78, 5) is 16.6. The van der Waals surface area contributed by atoms with Crippen LogP contribution in [0.4, 0.5) is 0 Å². The van der Waals surface area contributed by atoms with Crippen molar-refractivity contribution in [3.05, 3.63) is 29.8 Å². The molecule has 118 valence electrons. The van der Waals surface area contributed by atoms with E-state index in [1.54, 1.807) is 13.8 Å². The van der Waals surface area contributed by atoms with Gasteiger partial charge >= 0.3 is 0 Å². The van der Waals surface area contributed by atoms with Crippen molar-refractivity contribution in [1.82, 2.24) is 9.79 Å². The van der Waals surface area contributed by atoms with Gasteiger partial charge in [0, 0.05) is 25.8 Å². The van der Waals surface area contributed by atoms with Crippen LogP contribution in [0.25, 0.3) is 0 Å². The van der Waals surface area contributed by atoms with Crippen LogP contribution in [0, 0.1) is 0 Å². The fourth-order valence-corrected chi connectivity index (χ4v) is 3.23. The zero-order valence-corrected chi connectivity index (χ0v) is 13.1. The van der Waals surface area contributed by atoms with Gasteiger partial charge in [-0.25, -0.2) is 18.7 Å². The number of sulfonamides is 1. The average Bonchev–Trinajstić information content (AvgIpc) is 2.48. The van der Waals surface area contributed by atoms with Gasteiger partial charge in [0.15, 0.2) is 6.79 Å². The van der Waals surface area contributed by atoms with E-state index in [4.69, 9.17) is 4.84 Å². The third-order valence-corrected chi connectivity index (χ3v) is 4.83. The number of amides is 1. The standard InChI is InChI=1S/C13H20N2O5S/c1-4-15(5-2)21(17,18)12-8-6-7-11(9-12)13(16)14-20-10-19-3/h6-9H,4-5,10H2,1-3H3,(H,14,16). The minimum atomic E-state index is -3.59. The second-order valence-electron chi connectivity index (χ2n) is 4.10. The Balaban J connectivity index is 2.97. The fourth-order valence-electron chi connectivity index (χ4n) is 1.72. The van der Waals surface area contributed by atoms with Crippen molar-refractivity contribution < 1.29 is 22.8 Å². The predicted molar refractivity (Wildman–Crippen MR) is 77.0 cm³/mol. The van der Waals surface area contributed by atoms with Gasteiger partial charge in [0.05, 0.1) is 4.90 Å². The highest BCUT2D eigenvalue weighted by Crippen LogP contribution is 2.16. The van der Waals surface area contributed by atoms with E-state index in [-0.39, 0.29) is 17.3 Å². The number of ether oxygens (including phenoxy) is 1. The molecule has 7 nitrogen and oxygen atoms in total. The third kappa shape index (κ3) is 4.50. The van der Waals surface area contributed by atoms with Gasteiger partial charge in [-0.1, -0.05) is 19.9 Å². The first-order chi connectivity index (χ1) is 9.97. The molecule has 0 heterocycles. The summed E-state index contributed by atoms with van der Waals surface area (Å²) in [7, 11) is -2.17. The van der Waals surface area contributed by atoms with Crippen LogP contribution in [0.2, 0.25) is 0 Å². The van der Waals surface area contributed by atoms with E-state index in [1.165, 1.54) is 35.7 Å². The summed E-state index contributed by atoms with van der Waals surface area (Å²) >= 11 is 0. The highest BCUT2D eigenvalue weighted by Gasteiger charge is 2.22. The summed E-state index contributed by atoms with van der Waals surface area (Å²) in [5.41, 5.74) is 2.36. The van der Waals surface area contributed by atoms with Crippen LogP contribution < -0.4 is 5.48 Å². The summed E-state index contributed by atoms with van der Waals surface area (Å²) < 4.78 is 30.7. The van der Waals surface area contributed by atoms with Crippen LogP contribution in [0.1, 0.15) is 24.2 Å². The Morgan fingerprint density at radius 3 is 2.52 bits per heavy atom. The second kappa shape index (κ2) is 8.08. The van der Waals surface area contributed by atoms with Crippen molar-refractivity contribution in [2.45, 2.75) is 18.7 Å². The number of methoxy groups -OCH3 is 1. The number of nitrogens with zero attached hydrogens (tertiary/aromatic N) is 1. The molecule has 8 heteroatoms. The van der Waals surface area contributed by atoms with Crippen molar-refractivity contribution in [3.63, 3.8) is 0 Å². The zero-order chi connectivity index (χ0) is 15.9. The molecule has 1 N–H and O–H groups in total. The monoisotopic (exact) mass is 316 g/mol. The van der Waals surface area contributed by atoms with Gasteiger partial charge in [0.1, 0.15) is 0 Å². The van der Waals surface area contributed by atoms with E-state index in [0.717, 1.165) is 0 Å². The first kappa shape index (κ1) is 17.6. The molecule has 1 rings (SSSR count). The van der Waals surface area contributed by atoms with Gasteiger partial charge in [-0.05, 0) is 18.2 Å². The molecule has 1 aromatic rings. The number of rotatable bonds is 8. The summed E-state index contributed by atoms with van der Waals surface area (Å²) in [6.45, 7) is 4.16. The Kier molecular flexibility index (Phi) is 6.76. The summed E-state index contributed by atoms with van der Waals surface area (Å²) in [5, 5.41) is 0. The minimum absolute atomic E-state index is 0.0746. The fraction of sp³-hybridized carbons (Fsp3) is 0.462. The topological polar surface area (TPSA) is 84.9 Å². The molecule has 21 heavy (non-hydrogen) atoms. The molecule has 0 fully saturated rings. The molecular formula is C13H20N2O5S. The maximum Gasteiger partial charge on any atom is 0.274 e. The van der Waals surface area contributed by atoms with E-state index in [1.807, 2.05) is 0 Å². The zero-order valence-electron chi connectivity index (χ0n) is 12.3. The second-order valence-corrected chi connectivity index (χ2v) is 6.04. The first-order valence-corrected chi connectivity index (χ1v) is 7.92. The lowest BCUT2D eigenvalue weighted by molar-refractivity contribution is -0.0704. The number of hydroxylamine groups is 1. The molecule has 0 saturated heterocycles. The molecular weight excluding hydrogens is 296 g/mol. The lowest BCUT2D eigenvalue weighted by Crippen LogP contribution is -2.31. The normalized spacial score (nSPS) is 11.6. The van der Waals surface area contributed by atoms with Crippen molar-refractivity contribution in [2.24, 2.45) is 0 Å². The highest BCUT2D eigenvalue weighted by atomic mass is 32.2. The molecule has 0 bridgehead atoms. The quantitative estimate of drug-likeness (QED) is 0.439. The van der Waals surface area contributed by atoms with Gasteiger partial charge in [-0.2, -0.15) is 4.31 Å². The van der Waals surface area contributed by atoms with Gasteiger partial charge in [-0.3, -0.25) is 4.79 Å². The molecule has 0 spiro atoms. The maximum atomic E-state index is 12.4. The molecule has 1 amide bonds. The number of benzene rings is 1. The Hall–Kier alpha value is -1.48. The predicted octanol–water partition coefficient (Wildman–Crippen LogP) is 0.982. The smallest absolute Gasteiger partial charge is 0.274 e. The van der Waals surface area contributed by atoms with E-state index in [0.29, 0.717) is 13.1 Å². The minimum Gasteiger partial charge on any atom is -0.356 e. The van der Waals surface area contributed by atoms with Gasteiger partial charge in [0.25, 0.3) is 5.91 Å². The summed E-state index contributed by atoms with van der Waals surface area (Å²) in [6, 6.07) is 5.80. The molecule has 0 aliphatic heterocycles. The first-order valence-electron chi connectivity index (χ1n) is 6.48. The number of hydrogen-bond acceptors (Lipinski definition) is 5. The summed E-state index contributed by atoms with van der Waals surface area (Å²) in [5.74, 6) is -0.538. The van der Waals surface area contributed by atoms with Crippen molar-refractivity contribution in [1.29, 1.82) is 0 Å². The maximum absolute atomic E-state index is 12.4. The molecule has 1 aromatic carbocycles. The largest absolute Gasteiger partial charge is 0.356 e. The SMILES string of the molecule is CCN(CC)S(=O)(=O)c1cccc(C(=O)NOCOC)c1. The number of carbonyl (C=O) groups excluding carboxylic acids is 1.